The number of ether oxygens (including phenoxy) is 3. The van der Waals surface area contributed by atoms with Gasteiger partial charge < -0.3 is 24.4 Å². The van der Waals surface area contributed by atoms with Gasteiger partial charge in [-0.1, -0.05) is 0 Å². The van der Waals surface area contributed by atoms with Crippen LogP contribution in [0.3, 0.4) is 0 Å². The molecule has 0 saturated carbocycles. The molecule has 0 heterocycles. The predicted octanol–water partition coefficient (Wildman–Crippen LogP) is -0.861. The molecule has 0 aliphatic carbocycles. The number of rotatable bonds is 5. The van der Waals surface area contributed by atoms with E-state index in [2.05, 4.69) is 14.2 Å². The minimum atomic E-state index is -1.01. The molecule has 0 saturated heterocycles. The Labute approximate surface area is 83.4 Å². The average molecular weight is 210 g/mol. The lowest BCUT2D eigenvalue weighted by atomic mass is 10.7. The molecule has 0 aromatic carbocycles. The molecule has 6 nitrogen and oxygen atoms in total. The summed E-state index contributed by atoms with van der Waals surface area (Å²) in [6.45, 7) is 1.86. The van der Waals surface area contributed by atoms with E-state index in [-0.39, 0.29) is 12.6 Å². The van der Waals surface area contributed by atoms with Crippen LogP contribution in [0.5, 0.6) is 0 Å². The Kier molecular flexibility index (Phi) is 13.9. The third kappa shape index (κ3) is 17.4. The standard InChI is InChI=1S/C5H10O3.C3H8O3/c1-5(6)8-4-3-7-2;1-6-3(5)2-4/h3-4H2,1-2H3;3-5H,2H2,1H3. The molecule has 6 heteroatoms. The summed E-state index contributed by atoms with van der Waals surface area (Å²) in [7, 11) is 2.88. The number of carbonyl (C=O) groups excluding carboxylic acids is 1. The minimum Gasteiger partial charge on any atom is -0.463 e. The molecule has 1 unspecified atom stereocenters. The van der Waals surface area contributed by atoms with Gasteiger partial charge in [0.25, 0.3) is 0 Å². The first-order chi connectivity index (χ1) is 6.58. The van der Waals surface area contributed by atoms with Gasteiger partial charge in [-0.05, 0) is 0 Å². The first-order valence-corrected chi connectivity index (χ1v) is 4.02. The van der Waals surface area contributed by atoms with Crippen LogP contribution in [0.2, 0.25) is 0 Å². The van der Waals surface area contributed by atoms with Crippen molar-refractivity contribution in [3.63, 3.8) is 0 Å². The number of esters is 1. The Hall–Kier alpha value is -0.690. The van der Waals surface area contributed by atoms with Crippen molar-refractivity contribution in [1.82, 2.24) is 0 Å². The maximum absolute atomic E-state index is 10.0. The van der Waals surface area contributed by atoms with Crippen molar-refractivity contribution in [2.24, 2.45) is 0 Å². The highest BCUT2D eigenvalue weighted by Crippen LogP contribution is 1.75. The number of carbonyl (C=O) groups is 1. The van der Waals surface area contributed by atoms with Gasteiger partial charge in [0.15, 0.2) is 6.29 Å². The van der Waals surface area contributed by atoms with Crippen molar-refractivity contribution in [2.75, 3.05) is 34.0 Å². The lowest BCUT2D eigenvalue weighted by molar-refractivity contribution is -0.142. The number of aliphatic hydroxyl groups excluding tert-OH is 2. The van der Waals surface area contributed by atoms with Gasteiger partial charge in [0.1, 0.15) is 6.61 Å². The zero-order chi connectivity index (χ0) is 11.4. The number of hydrogen-bond acceptors (Lipinski definition) is 6. The molecule has 0 aliphatic rings. The summed E-state index contributed by atoms with van der Waals surface area (Å²) in [4.78, 5) is 10.0. The topological polar surface area (TPSA) is 85.2 Å². The number of hydrogen-bond donors (Lipinski definition) is 2. The fourth-order valence-electron chi connectivity index (χ4n) is 0.343. The first kappa shape index (κ1) is 15.8. The zero-order valence-corrected chi connectivity index (χ0v) is 8.73. The van der Waals surface area contributed by atoms with E-state index in [4.69, 9.17) is 10.2 Å². The van der Waals surface area contributed by atoms with Gasteiger partial charge in [-0.2, -0.15) is 0 Å². The van der Waals surface area contributed by atoms with Crippen molar-refractivity contribution < 1.29 is 29.2 Å². The summed E-state index contributed by atoms with van der Waals surface area (Å²) in [5.74, 6) is -0.262. The van der Waals surface area contributed by atoms with Crippen LogP contribution in [0.15, 0.2) is 0 Å². The highest BCUT2D eigenvalue weighted by molar-refractivity contribution is 5.65. The van der Waals surface area contributed by atoms with E-state index in [1.54, 1.807) is 7.11 Å². The largest absolute Gasteiger partial charge is 0.463 e. The first-order valence-electron chi connectivity index (χ1n) is 4.02. The van der Waals surface area contributed by atoms with Crippen LogP contribution in [0.4, 0.5) is 0 Å². The van der Waals surface area contributed by atoms with Crippen LogP contribution in [-0.2, 0) is 19.0 Å². The van der Waals surface area contributed by atoms with Crippen LogP contribution in [0.25, 0.3) is 0 Å². The van der Waals surface area contributed by atoms with E-state index in [0.29, 0.717) is 13.2 Å². The maximum Gasteiger partial charge on any atom is 0.302 e. The summed E-state index contributed by atoms with van der Waals surface area (Å²) in [6.07, 6.45) is -1.01. The van der Waals surface area contributed by atoms with Crippen LogP contribution < -0.4 is 0 Å². The molecule has 14 heavy (non-hydrogen) atoms. The molecule has 0 radical (unpaired) electrons. The predicted molar refractivity (Wildman–Crippen MR) is 48.6 cm³/mol. The van der Waals surface area contributed by atoms with Crippen LogP contribution >= 0.6 is 0 Å². The van der Waals surface area contributed by atoms with Gasteiger partial charge in [-0.25, -0.2) is 0 Å². The highest BCUT2D eigenvalue weighted by atomic mass is 16.6. The van der Waals surface area contributed by atoms with Crippen molar-refractivity contribution >= 4 is 5.97 Å². The molecule has 2 N–H and O–H groups in total. The van der Waals surface area contributed by atoms with Crippen molar-refractivity contribution in [3.8, 4) is 0 Å². The normalized spacial score (nSPS) is 11.2. The summed E-state index contributed by atoms with van der Waals surface area (Å²) < 4.78 is 13.3. The molecule has 86 valence electrons. The maximum atomic E-state index is 10.0. The summed E-state index contributed by atoms with van der Waals surface area (Å²) >= 11 is 0. The molecular formula is C8H18O6. The molecule has 0 aromatic heterocycles. The van der Waals surface area contributed by atoms with Crippen LogP contribution in [0, 0.1) is 0 Å². The molecule has 0 rings (SSSR count). The number of aliphatic hydroxyl groups is 2. The van der Waals surface area contributed by atoms with Gasteiger partial charge in [0, 0.05) is 21.1 Å². The molecule has 0 aromatic rings. The van der Waals surface area contributed by atoms with Crippen molar-refractivity contribution in [1.29, 1.82) is 0 Å². The molecule has 0 fully saturated rings. The SMILES string of the molecule is COC(O)CO.COCCOC(C)=O. The van der Waals surface area contributed by atoms with Gasteiger partial charge in [-0.3, -0.25) is 4.79 Å². The third-order valence-electron chi connectivity index (χ3n) is 1.02. The average Bonchev–Trinajstić information content (AvgIpc) is 2.17. The molecule has 0 spiro atoms. The smallest absolute Gasteiger partial charge is 0.302 e. The van der Waals surface area contributed by atoms with Gasteiger partial charge >= 0.3 is 5.97 Å². The van der Waals surface area contributed by atoms with Crippen LogP contribution in [0.1, 0.15) is 6.92 Å². The van der Waals surface area contributed by atoms with Gasteiger partial charge in [0.2, 0.25) is 0 Å². The highest BCUT2D eigenvalue weighted by Gasteiger charge is 1.92. The second kappa shape index (κ2) is 12.3. The summed E-state index contributed by atoms with van der Waals surface area (Å²) in [5.41, 5.74) is 0. The van der Waals surface area contributed by atoms with Crippen molar-refractivity contribution in [2.45, 2.75) is 13.2 Å². The Bertz CT molecular complexity index is 123. The Morgan fingerprint density at radius 1 is 1.36 bits per heavy atom. The minimum absolute atomic E-state index is 0.262. The second-order valence-electron chi connectivity index (χ2n) is 2.21. The quantitative estimate of drug-likeness (QED) is 0.349. The van der Waals surface area contributed by atoms with E-state index < -0.39 is 6.29 Å². The monoisotopic (exact) mass is 210 g/mol. The molecule has 0 amide bonds. The lowest BCUT2D eigenvalue weighted by Crippen LogP contribution is -2.12. The fourth-order valence-corrected chi connectivity index (χ4v) is 0.343. The molecule has 0 bridgehead atoms. The molecule has 1 atom stereocenters. The summed E-state index contributed by atoms with van der Waals surface area (Å²) in [5, 5.41) is 16.2. The van der Waals surface area contributed by atoms with E-state index in [1.165, 1.54) is 14.0 Å². The fraction of sp³-hybridized carbons (Fsp3) is 0.875. The second-order valence-corrected chi connectivity index (χ2v) is 2.21. The molecule has 0 aliphatic heterocycles. The van der Waals surface area contributed by atoms with E-state index >= 15 is 0 Å². The van der Waals surface area contributed by atoms with E-state index in [1.807, 2.05) is 0 Å². The lowest BCUT2D eigenvalue weighted by Gasteiger charge is -1.99. The van der Waals surface area contributed by atoms with Gasteiger partial charge in [-0.15, -0.1) is 0 Å². The Morgan fingerprint density at radius 2 is 1.93 bits per heavy atom. The zero-order valence-electron chi connectivity index (χ0n) is 8.73. The van der Waals surface area contributed by atoms with Crippen molar-refractivity contribution in [3.05, 3.63) is 0 Å². The molecular weight excluding hydrogens is 192 g/mol. The van der Waals surface area contributed by atoms with Crippen LogP contribution in [-0.4, -0.2) is 56.5 Å². The third-order valence-corrected chi connectivity index (χ3v) is 1.02. The van der Waals surface area contributed by atoms with E-state index in [0.717, 1.165) is 0 Å². The Balaban J connectivity index is 0. The summed E-state index contributed by atoms with van der Waals surface area (Å²) in [6, 6.07) is 0. The van der Waals surface area contributed by atoms with E-state index in [9.17, 15) is 4.79 Å². The number of methoxy groups -OCH3 is 2. The van der Waals surface area contributed by atoms with Gasteiger partial charge in [0.05, 0.1) is 13.2 Å². The Morgan fingerprint density at radius 3 is 2.14 bits per heavy atom.